The minimum absolute atomic E-state index is 0.383. The number of hydrogen-bond donors (Lipinski definition) is 0. The highest BCUT2D eigenvalue weighted by molar-refractivity contribution is 9.08. The van der Waals surface area contributed by atoms with Crippen molar-refractivity contribution in [2.75, 3.05) is 0 Å². The third-order valence-electron chi connectivity index (χ3n) is 1.55. The third kappa shape index (κ3) is 2.48. The molecule has 0 N–H and O–H groups in total. The predicted molar refractivity (Wildman–Crippen MR) is 52.0 cm³/mol. The summed E-state index contributed by atoms with van der Waals surface area (Å²) < 4.78 is 24.9. The van der Waals surface area contributed by atoms with Crippen molar-refractivity contribution in [1.29, 1.82) is 0 Å². The van der Waals surface area contributed by atoms with E-state index in [4.69, 9.17) is 11.6 Å². The molecule has 1 heterocycles. The molecule has 0 aliphatic carbocycles. The van der Waals surface area contributed by atoms with Gasteiger partial charge in [0.15, 0.2) is 0 Å². The van der Waals surface area contributed by atoms with E-state index in [-0.39, 0.29) is 5.69 Å². The van der Waals surface area contributed by atoms with Crippen LogP contribution in [0.3, 0.4) is 0 Å². The molecule has 0 atom stereocenters. The summed E-state index contributed by atoms with van der Waals surface area (Å²) >= 11 is 8.20. The van der Waals surface area contributed by atoms with E-state index in [9.17, 15) is 13.6 Å². The number of hydrogen-bond acceptors (Lipinski definition) is 2. The zero-order chi connectivity index (χ0) is 10.7. The number of alkyl halides is 3. The van der Waals surface area contributed by atoms with Gasteiger partial charge in [0.1, 0.15) is 5.69 Å². The van der Waals surface area contributed by atoms with Crippen molar-refractivity contribution in [3.63, 3.8) is 0 Å². The molecule has 0 unspecified atom stereocenters. The standard InChI is InChI=1S/C8H5BrClF2NO/c9-2-4-1-5(8(11)12)6(7(10)14)13-3-4/h1,3,8H,2H2. The largest absolute Gasteiger partial charge is 0.274 e. The van der Waals surface area contributed by atoms with Gasteiger partial charge in [0.05, 0.1) is 0 Å². The minimum Gasteiger partial charge on any atom is -0.274 e. The first-order valence-electron chi connectivity index (χ1n) is 3.59. The molecule has 0 spiro atoms. The van der Waals surface area contributed by atoms with Crippen molar-refractivity contribution in [1.82, 2.24) is 4.98 Å². The van der Waals surface area contributed by atoms with Gasteiger partial charge in [-0.15, -0.1) is 0 Å². The molecule has 1 aromatic rings. The molecule has 0 saturated heterocycles. The Morgan fingerprint density at radius 1 is 1.64 bits per heavy atom. The highest BCUT2D eigenvalue weighted by atomic mass is 79.9. The van der Waals surface area contributed by atoms with Crippen molar-refractivity contribution >= 4 is 32.8 Å². The number of pyridine rings is 1. The summed E-state index contributed by atoms with van der Waals surface area (Å²) in [6.07, 6.45) is -1.42. The molecule has 14 heavy (non-hydrogen) atoms. The fraction of sp³-hybridized carbons (Fsp3) is 0.250. The molecule has 76 valence electrons. The number of halogens is 4. The molecule has 0 radical (unpaired) electrons. The molecule has 0 saturated carbocycles. The van der Waals surface area contributed by atoms with E-state index < -0.39 is 17.2 Å². The van der Waals surface area contributed by atoms with E-state index in [1.165, 1.54) is 12.3 Å². The molecular weight excluding hydrogens is 279 g/mol. The Morgan fingerprint density at radius 2 is 2.29 bits per heavy atom. The van der Waals surface area contributed by atoms with Crippen molar-refractivity contribution in [2.45, 2.75) is 11.8 Å². The minimum atomic E-state index is -2.75. The molecule has 0 amide bonds. The van der Waals surface area contributed by atoms with Gasteiger partial charge in [-0.1, -0.05) is 15.9 Å². The fourth-order valence-electron chi connectivity index (χ4n) is 0.931. The normalized spacial score (nSPS) is 10.6. The Balaban J connectivity index is 3.24. The smallest absolute Gasteiger partial charge is 0.271 e. The summed E-state index contributed by atoms with van der Waals surface area (Å²) in [7, 11) is 0. The lowest BCUT2D eigenvalue weighted by Crippen LogP contribution is -2.02. The topological polar surface area (TPSA) is 30.0 Å². The van der Waals surface area contributed by atoms with Gasteiger partial charge in [0, 0.05) is 17.1 Å². The first-order valence-corrected chi connectivity index (χ1v) is 5.09. The summed E-state index contributed by atoms with van der Waals surface area (Å²) in [5.74, 6) is 0. The Labute approximate surface area is 92.4 Å². The first kappa shape index (κ1) is 11.5. The lowest BCUT2D eigenvalue weighted by atomic mass is 10.1. The maximum Gasteiger partial charge on any atom is 0.271 e. The molecule has 6 heteroatoms. The second-order valence-electron chi connectivity index (χ2n) is 2.49. The van der Waals surface area contributed by atoms with Gasteiger partial charge in [-0.05, 0) is 23.2 Å². The summed E-state index contributed by atoms with van der Waals surface area (Å²) in [5, 5.41) is -0.572. The lowest BCUT2D eigenvalue weighted by Gasteiger charge is -2.05. The first-order chi connectivity index (χ1) is 6.56. The fourth-order valence-corrected chi connectivity index (χ4v) is 1.40. The van der Waals surface area contributed by atoms with Crippen LogP contribution in [0.15, 0.2) is 12.3 Å². The molecule has 0 aromatic carbocycles. The average molecular weight is 284 g/mol. The number of carbonyl (C=O) groups excluding carboxylic acids is 1. The highest BCUT2D eigenvalue weighted by Gasteiger charge is 2.18. The molecule has 0 aliphatic rings. The van der Waals surface area contributed by atoms with Gasteiger partial charge in [0.25, 0.3) is 11.7 Å². The van der Waals surface area contributed by atoms with Crippen LogP contribution in [0.5, 0.6) is 0 Å². The third-order valence-corrected chi connectivity index (χ3v) is 2.38. The molecule has 1 rings (SSSR count). The Hall–Kier alpha value is -0.550. The van der Waals surface area contributed by atoms with Gasteiger partial charge in [-0.2, -0.15) is 0 Å². The van der Waals surface area contributed by atoms with Gasteiger partial charge in [0.2, 0.25) is 0 Å². The van der Waals surface area contributed by atoms with E-state index in [1.54, 1.807) is 0 Å². The van der Waals surface area contributed by atoms with Crippen molar-refractivity contribution in [3.05, 3.63) is 29.1 Å². The Morgan fingerprint density at radius 3 is 2.71 bits per heavy atom. The zero-order valence-corrected chi connectivity index (χ0v) is 9.15. The van der Waals surface area contributed by atoms with Crippen molar-refractivity contribution in [3.8, 4) is 0 Å². The van der Waals surface area contributed by atoms with E-state index >= 15 is 0 Å². The SMILES string of the molecule is O=C(Cl)c1ncc(CBr)cc1C(F)F. The second kappa shape index (κ2) is 4.79. The predicted octanol–water partition coefficient (Wildman–Crippen LogP) is 3.29. The molecule has 2 nitrogen and oxygen atoms in total. The average Bonchev–Trinajstić information content (AvgIpc) is 2.16. The van der Waals surface area contributed by atoms with E-state index in [0.29, 0.717) is 10.9 Å². The van der Waals surface area contributed by atoms with Crippen molar-refractivity contribution in [2.24, 2.45) is 0 Å². The molecular formula is C8H5BrClF2NO. The number of nitrogens with zero attached hydrogens (tertiary/aromatic N) is 1. The van der Waals surface area contributed by atoms with Gasteiger partial charge in [-0.3, -0.25) is 9.78 Å². The molecule has 0 aliphatic heterocycles. The molecule has 0 bridgehead atoms. The number of rotatable bonds is 3. The Bertz CT molecular complexity index is 359. The summed E-state index contributed by atoms with van der Waals surface area (Å²) in [6.45, 7) is 0. The van der Waals surface area contributed by atoms with E-state index in [2.05, 4.69) is 20.9 Å². The summed E-state index contributed by atoms with van der Waals surface area (Å²) in [4.78, 5) is 14.3. The van der Waals surface area contributed by atoms with Crippen LogP contribution in [0.4, 0.5) is 8.78 Å². The molecule has 1 aromatic heterocycles. The lowest BCUT2D eigenvalue weighted by molar-refractivity contribution is 0.106. The van der Waals surface area contributed by atoms with Crippen LogP contribution in [0.2, 0.25) is 0 Å². The van der Waals surface area contributed by atoms with Crippen LogP contribution in [0.25, 0.3) is 0 Å². The summed E-state index contributed by atoms with van der Waals surface area (Å²) in [6, 6.07) is 1.21. The highest BCUT2D eigenvalue weighted by Crippen LogP contribution is 2.24. The van der Waals surface area contributed by atoms with E-state index in [0.717, 1.165) is 0 Å². The van der Waals surface area contributed by atoms with Crippen LogP contribution >= 0.6 is 27.5 Å². The van der Waals surface area contributed by atoms with Gasteiger partial charge in [-0.25, -0.2) is 8.78 Å². The van der Waals surface area contributed by atoms with Crippen LogP contribution < -0.4 is 0 Å². The van der Waals surface area contributed by atoms with Gasteiger partial charge >= 0.3 is 0 Å². The monoisotopic (exact) mass is 283 g/mol. The van der Waals surface area contributed by atoms with Crippen molar-refractivity contribution < 1.29 is 13.6 Å². The van der Waals surface area contributed by atoms with E-state index in [1.807, 2.05) is 0 Å². The maximum atomic E-state index is 12.4. The zero-order valence-electron chi connectivity index (χ0n) is 6.81. The second-order valence-corrected chi connectivity index (χ2v) is 3.39. The quantitative estimate of drug-likeness (QED) is 0.630. The molecule has 0 fully saturated rings. The summed E-state index contributed by atoms with van der Waals surface area (Å²) in [5.41, 5.74) is -0.240. The van der Waals surface area contributed by atoms with Crippen LogP contribution in [0, 0.1) is 0 Å². The maximum absolute atomic E-state index is 12.4. The van der Waals surface area contributed by atoms with Crippen LogP contribution in [0.1, 0.15) is 28.0 Å². The Kier molecular flexibility index (Phi) is 3.95. The van der Waals surface area contributed by atoms with Gasteiger partial charge < -0.3 is 0 Å². The van der Waals surface area contributed by atoms with Crippen LogP contribution in [-0.2, 0) is 5.33 Å². The number of carbonyl (C=O) groups is 1. The van der Waals surface area contributed by atoms with Crippen LogP contribution in [-0.4, -0.2) is 10.2 Å². The number of aromatic nitrogens is 1.